The number of carbonyl (C=O) groups is 3. The van der Waals surface area contributed by atoms with Crippen LogP contribution in [0.1, 0.15) is 63.5 Å². The van der Waals surface area contributed by atoms with E-state index in [0.29, 0.717) is 29.0 Å². The van der Waals surface area contributed by atoms with Gasteiger partial charge in [0.25, 0.3) is 11.8 Å². The van der Waals surface area contributed by atoms with E-state index in [-0.39, 0.29) is 5.69 Å². The summed E-state index contributed by atoms with van der Waals surface area (Å²) in [5, 5.41) is 0. The quantitative estimate of drug-likeness (QED) is 0.476. The number of hydrazine groups is 1. The summed E-state index contributed by atoms with van der Waals surface area (Å²) in [6.07, 6.45) is 0.420. The molecule has 2 amide bonds. The summed E-state index contributed by atoms with van der Waals surface area (Å²) in [6.45, 7) is 9.11. The van der Waals surface area contributed by atoms with E-state index in [1.807, 2.05) is 32.9 Å². The van der Waals surface area contributed by atoms with Crippen molar-refractivity contribution >= 4 is 17.8 Å². The monoisotopic (exact) mass is 415 g/mol. The zero-order valence-corrected chi connectivity index (χ0v) is 18.3. The summed E-state index contributed by atoms with van der Waals surface area (Å²) < 4.78 is 10.5. The van der Waals surface area contributed by atoms with Crippen LogP contribution in [0.3, 0.4) is 0 Å². The van der Waals surface area contributed by atoms with E-state index < -0.39 is 23.9 Å². The lowest BCUT2D eigenvalue weighted by molar-refractivity contribution is -0.128. The maximum Gasteiger partial charge on any atom is 0.339 e. The Morgan fingerprint density at radius 3 is 2.47 bits per heavy atom. The van der Waals surface area contributed by atoms with Crippen LogP contribution in [0.5, 0.6) is 5.75 Å². The molecule has 0 aliphatic rings. The van der Waals surface area contributed by atoms with Crippen LogP contribution in [0, 0.1) is 20.8 Å². The minimum Gasteiger partial charge on any atom is -0.481 e. The van der Waals surface area contributed by atoms with Gasteiger partial charge in [-0.3, -0.25) is 20.4 Å². The summed E-state index contributed by atoms with van der Waals surface area (Å²) in [5.74, 6) is -0.954. The Bertz CT molecular complexity index is 948. The predicted octanol–water partition coefficient (Wildman–Crippen LogP) is 2.91. The normalized spacial score (nSPS) is 11.5. The molecule has 0 aliphatic heterocycles. The van der Waals surface area contributed by atoms with Gasteiger partial charge >= 0.3 is 5.97 Å². The lowest BCUT2D eigenvalue weighted by Gasteiger charge is -2.17. The minimum atomic E-state index is -0.822. The van der Waals surface area contributed by atoms with E-state index in [1.165, 1.54) is 7.11 Å². The van der Waals surface area contributed by atoms with Gasteiger partial charge in [-0.1, -0.05) is 25.5 Å². The Kier molecular flexibility index (Phi) is 7.63. The molecule has 8 nitrogen and oxygen atoms in total. The zero-order valence-electron chi connectivity index (χ0n) is 18.3. The second-order valence-corrected chi connectivity index (χ2v) is 7.12. The highest BCUT2D eigenvalue weighted by Gasteiger charge is 2.25. The van der Waals surface area contributed by atoms with Gasteiger partial charge in [0.1, 0.15) is 11.4 Å². The fraction of sp³-hybridized carbons (Fsp3) is 0.409. The van der Waals surface area contributed by atoms with Gasteiger partial charge in [0, 0.05) is 5.69 Å². The molecule has 1 aromatic carbocycles. The van der Waals surface area contributed by atoms with Crippen molar-refractivity contribution in [2.75, 3.05) is 7.11 Å². The van der Waals surface area contributed by atoms with Crippen molar-refractivity contribution in [3.05, 3.63) is 51.8 Å². The molecule has 1 atom stereocenters. The van der Waals surface area contributed by atoms with Crippen molar-refractivity contribution in [3.8, 4) is 5.75 Å². The largest absolute Gasteiger partial charge is 0.481 e. The van der Waals surface area contributed by atoms with E-state index in [9.17, 15) is 14.4 Å². The van der Waals surface area contributed by atoms with Crippen LogP contribution in [0.2, 0.25) is 0 Å². The number of benzene rings is 1. The summed E-state index contributed by atoms with van der Waals surface area (Å²) in [7, 11) is 1.29. The molecule has 1 aromatic heterocycles. The van der Waals surface area contributed by atoms with Crippen molar-refractivity contribution < 1.29 is 23.9 Å². The second kappa shape index (κ2) is 9.96. The summed E-state index contributed by atoms with van der Waals surface area (Å²) in [5.41, 5.74) is 8.43. The molecule has 0 radical (unpaired) electrons. The maximum atomic E-state index is 12.7. The van der Waals surface area contributed by atoms with E-state index in [0.717, 1.165) is 17.5 Å². The van der Waals surface area contributed by atoms with Crippen LogP contribution >= 0.6 is 0 Å². The number of aryl methyl sites for hydroxylation is 2. The lowest BCUT2D eigenvalue weighted by atomic mass is 10.0. The van der Waals surface area contributed by atoms with Gasteiger partial charge in [0.05, 0.1) is 12.7 Å². The average molecular weight is 415 g/mol. The number of amides is 2. The van der Waals surface area contributed by atoms with Gasteiger partial charge in [-0.15, -0.1) is 0 Å². The van der Waals surface area contributed by atoms with Crippen LogP contribution in [0.4, 0.5) is 0 Å². The molecule has 2 aromatic rings. The highest BCUT2D eigenvalue weighted by Crippen LogP contribution is 2.23. The van der Waals surface area contributed by atoms with Crippen LogP contribution in [-0.4, -0.2) is 36.0 Å². The third-order valence-electron chi connectivity index (χ3n) is 4.93. The third-order valence-corrected chi connectivity index (χ3v) is 4.93. The first-order chi connectivity index (χ1) is 14.2. The fourth-order valence-electron chi connectivity index (χ4n) is 3.13. The van der Waals surface area contributed by atoms with Crippen LogP contribution in [-0.2, 0) is 16.0 Å². The molecular formula is C22H29N3O5. The molecule has 1 heterocycles. The van der Waals surface area contributed by atoms with Gasteiger partial charge in [-0.25, -0.2) is 4.79 Å². The van der Waals surface area contributed by atoms with Crippen molar-refractivity contribution in [1.82, 2.24) is 15.8 Å². The number of ether oxygens (including phenoxy) is 2. The molecule has 162 valence electrons. The van der Waals surface area contributed by atoms with Gasteiger partial charge in [0.2, 0.25) is 0 Å². The molecule has 0 saturated carbocycles. The molecule has 8 heteroatoms. The molecule has 0 bridgehead atoms. The number of nitrogens with one attached hydrogen (secondary N) is 3. The van der Waals surface area contributed by atoms with Gasteiger partial charge in [-0.05, 0) is 56.9 Å². The number of carbonyl (C=O) groups excluding carboxylic acids is 3. The molecule has 0 fully saturated rings. The zero-order chi connectivity index (χ0) is 22.4. The van der Waals surface area contributed by atoms with E-state index in [2.05, 4.69) is 15.8 Å². The van der Waals surface area contributed by atoms with Gasteiger partial charge in [-0.2, -0.15) is 0 Å². The molecular weight excluding hydrogens is 386 g/mol. The Morgan fingerprint density at radius 1 is 1.13 bits per heavy atom. The number of hydrogen-bond donors (Lipinski definition) is 3. The van der Waals surface area contributed by atoms with Crippen molar-refractivity contribution in [2.24, 2.45) is 0 Å². The third kappa shape index (κ3) is 5.00. The standard InChI is InChI=1S/C22H29N3O5/c1-7-9-16-18(22(28)29-6)14(4)23-19(16)21(27)25-24-20(26)15(5)30-17-11-8-10-12(2)13(17)3/h8,10-11,15,23H,7,9H2,1-6H3,(H,24,26)(H,25,27). The van der Waals surface area contributed by atoms with Gasteiger partial charge < -0.3 is 14.5 Å². The Labute approximate surface area is 176 Å². The topological polar surface area (TPSA) is 110 Å². The van der Waals surface area contributed by atoms with Crippen molar-refractivity contribution in [3.63, 3.8) is 0 Å². The minimum absolute atomic E-state index is 0.221. The number of methoxy groups -OCH3 is 1. The predicted molar refractivity (Wildman–Crippen MR) is 112 cm³/mol. The molecule has 0 saturated heterocycles. The van der Waals surface area contributed by atoms with Crippen molar-refractivity contribution in [1.29, 1.82) is 0 Å². The lowest BCUT2D eigenvalue weighted by Crippen LogP contribution is -2.47. The smallest absolute Gasteiger partial charge is 0.339 e. The summed E-state index contributed by atoms with van der Waals surface area (Å²) in [6, 6.07) is 5.60. The number of H-pyrrole nitrogens is 1. The molecule has 1 unspecified atom stereocenters. The Hall–Kier alpha value is -3.29. The van der Waals surface area contributed by atoms with Gasteiger partial charge in [0.15, 0.2) is 6.10 Å². The number of aromatic nitrogens is 1. The maximum absolute atomic E-state index is 12.7. The first-order valence-electron chi connectivity index (χ1n) is 9.84. The van der Waals surface area contributed by atoms with Crippen molar-refractivity contribution in [2.45, 2.75) is 53.6 Å². The number of rotatable bonds is 7. The van der Waals surface area contributed by atoms with Crippen LogP contribution < -0.4 is 15.6 Å². The fourth-order valence-corrected chi connectivity index (χ4v) is 3.13. The SMILES string of the molecule is CCCc1c(C(=O)NNC(=O)C(C)Oc2cccc(C)c2C)[nH]c(C)c1C(=O)OC. The second-order valence-electron chi connectivity index (χ2n) is 7.12. The first kappa shape index (κ1) is 23.0. The van der Waals surface area contributed by atoms with E-state index in [4.69, 9.17) is 9.47 Å². The Balaban J connectivity index is 2.08. The molecule has 0 aliphatic carbocycles. The van der Waals surface area contributed by atoms with E-state index in [1.54, 1.807) is 19.9 Å². The molecule has 2 rings (SSSR count). The molecule has 30 heavy (non-hydrogen) atoms. The number of hydrogen-bond acceptors (Lipinski definition) is 5. The summed E-state index contributed by atoms with van der Waals surface area (Å²) in [4.78, 5) is 40.0. The van der Waals surface area contributed by atoms with Crippen LogP contribution in [0.15, 0.2) is 18.2 Å². The average Bonchev–Trinajstić information content (AvgIpc) is 3.05. The molecule has 3 N–H and O–H groups in total. The number of esters is 1. The highest BCUT2D eigenvalue weighted by atomic mass is 16.5. The first-order valence-corrected chi connectivity index (χ1v) is 9.84. The Morgan fingerprint density at radius 2 is 1.83 bits per heavy atom. The summed E-state index contributed by atoms with van der Waals surface area (Å²) >= 11 is 0. The van der Waals surface area contributed by atoms with E-state index >= 15 is 0 Å². The highest BCUT2D eigenvalue weighted by molar-refractivity contribution is 6.01. The van der Waals surface area contributed by atoms with Crippen LogP contribution in [0.25, 0.3) is 0 Å². The molecule has 0 spiro atoms. The number of aromatic amines is 1.